The van der Waals surface area contributed by atoms with E-state index in [9.17, 15) is 9.59 Å². The average molecular weight is 445 g/mol. The first-order valence-electron chi connectivity index (χ1n) is 10.1. The number of aryl methyl sites for hydroxylation is 1. The number of fused-ring (bicyclic) bond motifs is 1. The molecule has 0 spiro atoms. The number of methoxy groups -OCH3 is 1. The van der Waals surface area contributed by atoms with Crippen LogP contribution in [0.15, 0.2) is 48.8 Å². The van der Waals surface area contributed by atoms with Crippen LogP contribution < -0.4 is 16.0 Å². The molecule has 0 aliphatic rings. The van der Waals surface area contributed by atoms with Gasteiger partial charge in [-0.05, 0) is 30.3 Å². The first-order valence-corrected chi connectivity index (χ1v) is 10.1. The number of hydrogen-bond acceptors (Lipinski definition) is 8. The summed E-state index contributed by atoms with van der Waals surface area (Å²) in [6.45, 7) is 1.44. The Bertz CT molecular complexity index is 1350. The number of carbonyl (C=O) groups is 2. The molecule has 0 fully saturated rings. The maximum Gasteiger partial charge on any atom is 0.360 e. The van der Waals surface area contributed by atoms with Gasteiger partial charge < -0.3 is 25.3 Å². The van der Waals surface area contributed by atoms with Gasteiger partial charge in [0.15, 0.2) is 17.3 Å². The highest BCUT2D eigenvalue weighted by Crippen LogP contribution is 2.33. The van der Waals surface area contributed by atoms with Crippen molar-refractivity contribution < 1.29 is 14.3 Å². The van der Waals surface area contributed by atoms with Gasteiger partial charge in [-0.25, -0.2) is 19.7 Å². The highest BCUT2D eigenvalue weighted by Gasteiger charge is 2.22. The number of imidazole rings is 1. The van der Waals surface area contributed by atoms with Crippen molar-refractivity contribution in [2.24, 2.45) is 7.05 Å². The Kier molecular flexibility index (Phi) is 5.90. The van der Waals surface area contributed by atoms with Crippen molar-refractivity contribution >= 4 is 45.9 Å². The molecule has 2 heterocycles. The number of carbonyl (C=O) groups excluding carboxylic acids is 2. The van der Waals surface area contributed by atoms with Gasteiger partial charge in [-0.2, -0.15) is 0 Å². The molecule has 0 saturated heterocycles. The van der Waals surface area contributed by atoms with E-state index in [-0.39, 0.29) is 17.4 Å². The summed E-state index contributed by atoms with van der Waals surface area (Å²) in [7, 11) is 4.94. The van der Waals surface area contributed by atoms with E-state index in [1.807, 2.05) is 29.8 Å². The van der Waals surface area contributed by atoms with Crippen LogP contribution in [0.5, 0.6) is 0 Å². The number of benzene rings is 2. The highest BCUT2D eigenvalue weighted by atomic mass is 16.5. The minimum atomic E-state index is -0.628. The van der Waals surface area contributed by atoms with Crippen LogP contribution in [0.4, 0.5) is 23.0 Å². The Labute approximate surface area is 190 Å². The molecule has 2 aromatic heterocycles. The molecule has 1 amide bonds. The van der Waals surface area contributed by atoms with Gasteiger partial charge in [0, 0.05) is 38.0 Å². The fraction of sp³-hybridized carbons (Fsp3) is 0.174. The third-order valence-electron chi connectivity index (χ3n) is 4.99. The van der Waals surface area contributed by atoms with Gasteiger partial charge in [0.05, 0.1) is 24.5 Å². The molecule has 10 nitrogen and oxygen atoms in total. The average Bonchev–Trinajstić information content (AvgIpc) is 3.20. The van der Waals surface area contributed by atoms with E-state index in [1.54, 1.807) is 37.6 Å². The van der Waals surface area contributed by atoms with Gasteiger partial charge in [-0.15, -0.1) is 0 Å². The number of nitrogens with one attached hydrogen (secondary N) is 3. The zero-order valence-electron chi connectivity index (χ0n) is 18.6. The Balaban J connectivity index is 1.80. The molecule has 0 aliphatic carbocycles. The zero-order chi connectivity index (χ0) is 23.5. The van der Waals surface area contributed by atoms with Crippen molar-refractivity contribution in [3.63, 3.8) is 0 Å². The third kappa shape index (κ3) is 4.31. The summed E-state index contributed by atoms with van der Waals surface area (Å²) in [5, 5.41) is 8.88. The second kappa shape index (κ2) is 8.95. The fourth-order valence-corrected chi connectivity index (χ4v) is 3.45. The fourth-order valence-electron chi connectivity index (χ4n) is 3.45. The van der Waals surface area contributed by atoms with Crippen LogP contribution in [-0.2, 0) is 16.6 Å². The maximum atomic E-state index is 12.6. The normalized spacial score (nSPS) is 10.7. The van der Waals surface area contributed by atoms with Crippen LogP contribution in [-0.4, -0.2) is 45.6 Å². The van der Waals surface area contributed by atoms with E-state index in [0.29, 0.717) is 22.9 Å². The first kappa shape index (κ1) is 21.8. The maximum absolute atomic E-state index is 12.6. The van der Waals surface area contributed by atoms with E-state index in [4.69, 9.17) is 4.74 Å². The molecule has 0 aliphatic heterocycles. The number of ether oxygens (including phenoxy) is 1. The highest BCUT2D eigenvalue weighted by molar-refractivity contribution is 5.98. The van der Waals surface area contributed by atoms with Crippen molar-refractivity contribution in [1.82, 2.24) is 19.5 Å². The molecule has 0 saturated carbocycles. The SMILES string of the molecule is CNc1nc(Nc2ccc(NC(C)=O)cc2)c(C(=O)OC)nc1-c1cccc2c1ncn2C. The topological polar surface area (TPSA) is 123 Å². The number of rotatable bonds is 6. The summed E-state index contributed by atoms with van der Waals surface area (Å²) in [5.74, 6) is -0.0858. The van der Waals surface area contributed by atoms with Crippen LogP contribution in [0.25, 0.3) is 22.3 Å². The summed E-state index contributed by atoms with van der Waals surface area (Å²) in [6.07, 6.45) is 1.72. The number of hydrogen-bond donors (Lipinski definition) is 3. The Hall–Kier alpha value is -4.47. The number of nitrogens with zero attached hydrogens (tertiary/aromatic N) is 4. The lowest BCUT2D eigenvalue weighted by Gasteiger charge is -2.15. The van der Waals surface area contributed by atoms with Crippen LogP contribution >= 0.6 is 0 Å². The van der Waals surface area contributed by atoms with Crippen molar-refractivity contribution in [2.75, 3.05) is 30.1 Å². The Morgan fingerprint density at radius 1 is 1.00 bits per heavy atom. The Morgan fingerprint density at radius 3 is 2.39 bits per heavy atom. The number of esters is 1. The van der Waals surface area contributed by atoms with Crippen molar-refractivity contribution in [3.8, 4) is 11.3 Å². The van der Waals surface area contributed by atoms with Gasteiger partial charge in [0.1, 0.15) is 5.69 Å². The molecule has 0 atom stereocenters. The van der Waals surface area contributed by atoms with Gasteiger partial charge >= 0.3 is 5.97 Å². The second-order valence-corrected chi connectivity index (χ2v) is 7.27. The van der Waals surface area contributed by atoms with Gasteiger partial charge in [-0.3, -0.25) is 4.79 Å². The summed E-state index contributed by atoms with van der Waals surface area (Å²) >= 11 is 0. The van der Waals surface area contributed by atoms with E-state index in [2.05, 4.69) is 30.9 Å². The molecule has 4 aromatic rings. The van der Waals surface area contributed by atoms with Crippen molar-refractivity contribution in [2.45, 2.75) is 6.92 Å². The van der Waals surface area contributed by atoms with Crippen LogP contribution in [0.2, 0.25) is 0 Å². The molecule has 0 unspecified atom stereocenters. The molecule has 33 heavy (non-hydrogen) atoms. The van der Waals surface area contributed by atoms with E-state index in [1.165, 1.54) is 14.0 Å². The molecule has 2 aromatic carbocycles. The number of anilines is 4. The van der Waals surface area contributed by atoms with Crippen molar-refractivity contribution in [3.05, 3.63) is 54.5 Å². The first-order chi connectivity index (χ1) is 15.9. The molecule has 3 N–H and O–H groups in total. The summed E-state index contributed by atoms with van der Waals surface area (Å²) in [5.41, 5.74) is 4.24. The second-order valence-electron chi connectivity index (χ2n) is 7.27. The standard InChI is InChI=1S/C23H23N7O3/c1-13(31)26-14-8-10-15(11-9-14)27-22-20(23(32)33-4)28-19(21(24-2)29-22)16-6-5-7-17-18(16)25-12-30(17)3/h5-12H,1-4H3,(H,26,31)(H2,24,27,29). The quantitative estimate of drug-likeness (QED) is 0.385. The van der Waals surface area contributed by atoms with E-state index >= 15 is 0 Å². The van der Waals surface area contributed by atoms with E-state index in [0.717, 1.165) is 16.6 Å². The largest absolute Gasteiger partial charge is 0.464 e. The van der Waals surface area contributed by atoms with Gasteiger partial charge in [-0.1, -0.05) is 12.1 Å². The molecule has 0 radical (unpaired) electrons. The summed E-state index contributed by atoms with van der Waals surface area (Å²) in [6, 6.07) is 12.7. The van der Waals surface area contributed by atoms with Crippen LogP contribution in [0.1, 0.15) is 17.4 Å². The molecule has 168 valence electrons. The lowest BCUT2D eigenvalue weighted by Crippen LogP contribution is -2.13. The molecular weight excluding hydrogens is 422 g/mol. The number of amides is 1. The van der Waals surface area contributed by atoms with Crippen LogP contribution in [0, 0.1) is 0 Å². The minimum absolute atomic E-state index is 0.0328. The number of aromatic nitrogens is 4. The predicted octanol–water partition coefficient (Wildman–Crippen LogP) is 3.56. The minimum Gasteiger partial charge on any atom is -0.464 e. The third-order valence-corrected chi connectivity index (χ3v) is 4.99. The van der Waals surface area contributed by atoms with E-state index < -0.39 is 5.97 Å². The summed E-state index contributed by atoms with van der Waals surface area (Å²) in [4.78, 5) is 37.6. The predicted molar refractivity (Wildman–Crippen MR) is 127 cm³/mol. The monoisotopic (exact) mass is 445 g/mol. The lowest BCUT2D eigenvalue weighted by atomic mass is 10.1. The molecular formula is C23H23N7O3. The van der Waals surface area contributed by atoms with Crippen LogP contribution in [0.3, 0.4) is 0 Å². The lowest BCUT2D eigenvalue weighted by molar-refractivity contribution is -0.114. The summed E-state index contributed by atoms with van der Waals surface area (Å²) < 4.78 is 6.87. The van der Waals surface area contributed by atoms with Gasteiger partial charge in [0.25, 0.3) is 0 Å². The van der Waals surface area contributed by atoms with Gasteiger partial charge in [0.2, 0.25) is 5.91 Å². The molecule has 10 heteroatoms. The zero-order valence-corrected chi connectivity index (χ0v) is 18.6. The smallest absolute Gasteiger partial charge is 0.360 e. The number of para-hydroxylation sites is 1. The Morgan fingerprint density at radius 2 is 1.73 bits per heavy atom. The molecule has 0 bridgehead atoms. The van der Waals surface area contributed by atoms with Crippen molar-refractivity contribution in [1.29, 1.82) is 0 Å². The molecule has 4 rings (SSSR count).